The van der Waals surface area contributed by atoms with E-state index >= 15 is 0 Å². The van der Waals surface area contributed by atoms with Gasteiger partial charge in [0.1, 0.15) is 17.7 Å². The van der Waals surface area contributed by atoms with Gasteiger partial charge in [-0.25, -0.2) is 4.98 Å². The number of hydrogen-bond donors (Lipinski definition) is 2. The predicted octanol–water partition coefficient (Wildman–Crippen LogP) is 2.27. The van der Waals surface area contributed by atoms with Crippen LogP contribution in [0.3, 0.4) is 0 Å². The van der Waals surface area contributed by atoms with Crippen molar-refractivity contribution >= 4 is 40.2 Å². The summed E-state index contributed by atoms with van der Waals surface area (Å²) in [6.45, 7) is 0.162. The van der Waals surface area contributed by atoms with Crippen molar-refractivity contribution in [2.75, 3.05) is 0 Å². The summed E-state index contributed by atoms with van der Waals surface area (Å²) in [5.41, 5.74) is 6.93. The number of halogens is 1. The van der Waals surface area contributed by atoms with Gasteiger partial charge in [0.25, 0.3) is 5.91 Å². The Hall–Kier alpha value is -3.46. The topological polar surface area (TPSA) is 123 Å². The van der Waals surface area contributed by atoms with Crippen LogP contribution in [0.4, 0.5) is 0 Å². The third-order valence-corrected chi connectivity index (χ3v) is 7.03. The highest BCUT2D eigenvalue weighted by Crippen LogP contribution is 2.41. The quantitative estimate of drug-likeness (QED) is 0.524. The first-order chi connectivity index (χ1) is 16.4. The maximum atomic E-state index is 13.6. The number of fused-ring (bicyclic) bond motifs is 2. The van der Waals surface area contributed by atoms with Gasteiger partial charge in [0.05, 0.1) is 17.8 Å². The van der Waals surface area contributed by atoms with E-state index < -0.39 is 11.9 Å². The van der Waals surface area contributed by atoms with Crippen molar-refractivity contribution in [2.24, 2.45) is 11.7 Å². The molecule has 3 heterocycles. The SMILES string of the molecule is NC(=O)c1nn(CC(=O)N2[C@H](C(=O)NCc3cccc(Cl)n3)C[C@@H]3CCC[C@@H]32)c2ccccc12. The minimum Gasteiger partial charge on any atom is -0.364 e. The van der Waals surface area contributed by atoms with Crippen molar-refractivity contribution in [2.45, 2.75) is 50.9 Å². The molecule has 176 valence electrons. The molecular formula is C24H25ClN6O3. The van der Waals surface area contributed by atoms with Crippen LogP contribution in [-0.2, 0) is 22.7 Å². The number of amides is 3. The third kappa shape index (κ3) is 4.11. The molecule has 3 amide bonds. The van der Waals surface area contributed by atoms with Gasteiger partial charge in [0.2, 0.25) is 11.8 Å². The Morgan fingerprint density at radius 2 is 1.94 bits per heavy atom. The van der Waals surface area contributed by atoms with Crippen LogP contribution in [-0.4, -0.2) is 49.5 Å². The summed E-state index contributed by atoms with van der Waals surface area (Å²) in [6.07, 6.45) is 3.56. The molecule has 9 nitrogen and oxygen atoms in total. The lowest BCUT2D eigenvalue weighted by molar-refractivity contribution is -0.141. The number of aromatic nitrogens is 3. The van der Waals surface area contributed by atoms with Gasteiger partial charge in [0.15, 0.2) is 5.69 Å². The smallest absolute Gasteiger partial charge is 0.269 e. The number of nitrogens with two attached hydrogens (primary N) is 1. The van der Waals surface area contributed by atoms with Gasteiger partial charge in [-0.1, -0.05) is 42.3 Å². The Balaban J connectivity index is 1.37. The van der Waals surface area contributed by atoms with Crippen molar-refractivity contribution in [3.8, 4) is 0 Å². The molecule has 2 aromatic heterocycles. The fourth-order valence-electron chi connectivity index (χ4n) is 5.37. The molecule has 0 unspecified atom stereocenters. The summed E-state index contributed by atoms with van der Waals surface area (Å²) in [7, 11) is 0. The Morgan fingerprint density at radius 3 is 2.74 bits per heavy atom. The molecule has 34 heavy (non-hydrogen) atoms. The molecule has 1 aliphatic heterocycles. The first kappa shape index (κ1) is 22.3. The van der Waals surface area contributed by atoms with Gasteiger partial charge in [-0.3, -0.25) is 19.1 Å². The van der Waals surface area contributed by atoms with E-state index in [-0.39, 0.29) is 36.6 Å². The van der Waals surface area contributed by atoms with Gasteiger partial charge in [-0.05, 0) is 43.4 Å². The van der Waals surface area contributed by atoms with Gasteiger partial charge in [0, 0.05) is 11.4 Å². The fraction of sp³-hybridized carbons (Fsp3) is 0.375. The van der Waals surface area contributed by atoms with Crippen LogP contribution in [0, 0.1) is 5.92 Å². The van der Waals surface area contributed by atoms with E-state index in [4.69, 9.17) is 17.3 Å². The maximum Gasteiger partial charge on any atom is 0.269 e. The summed E-state index contributed by atoms with van der Waals surface area (Å²) in [5, 5.41) is 8.20. The summed E-state index contributed by atoms with van der Waals surface area (Å²) >= 11 is 5.94. The van der Waals surface area contributed by atoms with E-state index in [2.05, 4.69) is 15.4 Å². The van der Waals surface area contributed by atoms with Crippen molar-refractivity contribution in [3.05, 3.63) is 59.0 Å². The molecule has 2 fully saturated rings. The summed E-state index contributed by atoms with van der Waals surface area (Å²) in [5.74, 6) is -0.738. The molecule has 0 spiro atoms. The van der Waals surface area contributed by atoms with Gasteiger partial charge in [-0.15, -0.1) is 0 Å². The van der Waals surface area contributed by atoms with Crippen LogP contribution in [0.15, 0.2) is 42.5 Å². The number of primary amides is 1. The molecule has 2 aliphatic rings. The minimum absolute atomic E-state index is 0.0324. The number of nitrogens with zero attached hydrogens (tertiary/aromatic N) is 4. The highest BCUT2D eigenvalue weighted by atomic mass is 35.5. The lowest BCUT2D eigenvalue weighted by Gasteiger charge is -2.29. The molecule has 3 N–H and O–H groups in total. The zero-order valence-electron chi connectivity index (χ0n) is 18.5. The van der Waals surface area contributed by atoms with Crippen LogP contribution >= 0.6 is 11.6 Å². The fourth-order valence-corrected chi connectivity index (χ4v) is 5.55. The van der Waals surface area contributed by atoms with Gasteiger partial charge in [-0.2, -0.15) is 5.10 Å². The number of nitrogens with one attached hydrogen (secondary N) is 1. The first-order valence-electron chi connectivity index (χ1n) is 11.4. The summed E-state index contributed by atoms with van der Waals surface area (Å²) < 4.78 is 1.50. The molecule has 3 aromatic rings. The number of likely N-dealkylation sites (tertiary alicyclic amines) is 1. The monoisotopic (exact) mass is 480 g/mol. The van der Waals surface area contributed by atoms with E-state index in [0.717, 1.165) is 19.3 Å². The number of para-hydroxylation sites is 1. The second-order valence-electron chi connectivity index (χ2n) is 8.87. The molecule has 10 heteroatoms. The summed E-state index contributed by atoms with van der Waals surface area (Å²) in [4.78, 5) is 44.5. The van der Waals surface area contributed by atoms with Crippen LogP contribution < -0.4 is 11.1 Å². The number of carbonyl (C=O) groups is 3. The maximum absolute atomic E-state index is 13.6. The normalized spacial score (nSPS) is 21.6. The van der Waals surface area contributed by atoms with Crippen molar-refractivity contribution in [1.29, 1.82) is 0 Å². The number of rotatable bonds is 6. The number of pyridine rings is 1. The number of carbonyl (C=O) groups excluding carboxylic acids is 3. The van der Waals surface area contributed by atoms with E-state index in [0.29, 0.717) is 34.1 Å². The molecule has 1 saturated heterocycles. The molecule has 1 aromatic carbocycles. The van der Waals surface area contributed by atoms with Crippen molar-refractivity contribution < 1.29 is 14.4 Å². The lowest BCUT2D eigenvalue weighted by atomic mass is 10.0. The van der Waals surface area contributed by atoms with Crippen molar-refractivity contribution in [3.63, 3.8) is 0 Å². The zero-order chi connectivity index (χ0) is 23.8. The Labute approximate surface area is 201 Å². The summed E-state index contributed by atoms with van der Waals surface area (Å²) in [6, 6.07) is 11.9. The van der Waals surface area contributed by atoms with E-state index in [1.54, 1.807) is 41.3 Å². The van der Waals surface area contributed by atoms with Crippen LogP contribution in [0.1, 0.15) is 41.9 Å². The van der Waals surface area contributed by atoms with E-state index in [9.17, 15) is 14.4 Å². The molecule has 0 radical (unpaired) electrons. The zero-order valence-corrected chi connectivity index (χ0v) is 19.2. The molecule has 0 bridgehead atoms. The number of benzene rings is 1. The van der Waals surface area contributed by atoms with Gasteiger partial charge >= 0.3 is 0 Å². The molecule has 1 saturated carbocycles. The second kappa shape index (κ2) is 9.06. The predicted molar refractivity (Wildman–Crippen MR) is 126 cm³/mol. The van der Waals surface area contributed by atoms with Crippen molar-refractivity contribution in [1.82, 2.24) is 25.0 Å². The first-order valence-corrected chi connectivity index (χ1v) is 11.8. The van der Waals surface area contributed by atoms with Gasteiger partial charge < -0.3 is 16.0 Å². The number of hydrogen-bond acceptors (Lipinski definition) is 5. The molecule has 1 aliphatic carbocycles. The Morgan fingerprint density at radius 1 is 1.12 bits per heavy atom. The van der Waals surface area contributed by atoms with Crippen LogP contribution in [0.25, 0.3) is 10.9 Å². The standard InChI is InChI=1S/C24H25ClN6O3/c25-20-10-4-6-15(28-20)12-27-24(34)19-11-14-5-3-9-17(14)31(19)21(32)13-30-18-8-2-1-7-16(18)22(29-30)23(26)33/h1-2,4,6-8,10,14,17,19H,3,5,9,11-13H2,(H2,26,33)(H,27,34)/t14-,17-,19-/m0/s1. The minimum atomic E-state index is -0.647. The molecule has 5 rings (SSSR count). The second-order valence-corrected chi connectivity index (χ2v) is 9.26. The molecular weight excluding hydrogens is 456 g/mol. The Bertz CT molecular complexity index is 1270. The largest absolute Gasteiger partial charge is 0.364 e. The average molecular weight is 481 g/mol. The van der Waals surface area contributed by atoms with Crippen LogP contribution in [0.5, 0.6) is 0 Å². The third-order valence-electron chi connectivity index (χ3n) is 6.82. The highest BCUT2D eigenvalue weighted by Gasteiger charge is 2.48. The Kier molecular flexibility index (Phi) is 5.95. The van der Waals surface area contributed by atoms with E-state index in [1.165, 1.54) is 4.68 Å². The molecule has 3 atom stereocenters. The lowest BCUT2D eigenvalue weighted by Crippen LogP contribution is -2.49. The average Bonchev–Trinajstić information content (AvgIpc) is 3.51. The highest BCUT2D eigenvalue weighted by molar-refractivity contribution is 6.29. The van der Waals surface area contributed by atoms with Crippen LogP contribution in [0.2, 0.25) is 5.15 Å². The van der Waals surface area contributed by atoms with E-state index in [1.807, 2.05) is 6.07 Å².